The number of rotatable bonds is 9. The third-order valence-corrected chi connectivity index (χ3v) is 6.68. The van der Waals surface area contributed by atoms with Gasteiger partial charge in [0.05, 0.1) is 11.4 Å². The molecule has 4 rings (SSSR count). The molecule has 0 bridgehead atoms. The standard InChI is InChI=1S/C29H31N3OS/c1-21(2)32-27(24-13-8-5-9-14-24)26(23-11-6-4-7-12-23)31-29(32)34-20-10-19-30-28(33)25-17-15-22(3)16-18-25/h4-9,11-18,21H,10,19-20H2,1-3H3,(H,30,33). The second kappa shape index (κ2) is 11.2. The van der Waals surface area contributed by atoms with E-state index in [1.165, 1.54) is 5.56 Å². The quantitative estimate of drug-likeness (QED) is 0.212. The lowest BCUT2D eigenvalue weighted by Crippen LogP contribution is -2.24. The first kappa shape index (κ1) is 23.8. The van der Waals surface area contributed by atoms with Crippen molar-refractivity contribution in [2.75, 3.05) is 12.3 Å². The molecular formula is C29H31N3OS. The van der Waals surface area contributed by atoms with Crippen LogP contribution in [0, 0.1) is 6.92 Å². The van der Waals surface area contributed by atoms with Crippen molar-refractivity contribution >= 4 is 17.7 Å². The summed E-state index contributed by atoms with van der Waals surface area (Å²) in [4.78, 5) is 17.5. The van der Waals surface area contributed by atoms with Crippen molar-refractivity contribution in [1.29, 1.82) is 0 Å². The van der Waals surface area contributed by atoms with E-state index in [2.05, 4.69) is 72.3 Å². The van der Waals surface area contributed by atoms with E-state index in [1.54, 1.807) is 11.8 Å². The molecule has 1 N–H and O–H groups in total. The first-order valence-electron chi connectivity index (χ1n) is 11.8. The summed E-state index contributed by atoms with van der Waals surface area (Å²) >= 11 is 1.75. The number of hydrogen-bond acceptors (Lipinski definition) is 3. The molecule has 3 aromatic carbocycles. The van der Waals surface area contributed by atoms with E-state index >= 15 is 0 Å². The van der Waals surface area contributed by atoms with Crippen LogP contribution in [0.5, 0.6) is 0 Å². The van der Waals surface area contributed by atoms with Gasteiger partial charge in [-0.3, -0.25) is 4.79 Å². The summed E-state index contributed by atoms with van der Waals surface area (Å²) in [5, 5.41) is 4.04. The predicted molar refractivity (Wildman–Crippen MR) is 142 cm³/mol. The van der Waals surface area contributed by atoms with Crippen LogP contribution >= 0.6 is 11.8 Å². The van der Waals surface area contributed by atoms with Gasteiger partial charge in [-0.2, -0.15) is 0 Å². The van der Waals surface area contributed by atoms with E-state index in [1.807, 2.05) is 43.3 Å². The molecule has 5 heteroatoms. The van der Waals surface area contributed by atoms with Crippen molar-refractivity contribution in [2.24, 2.45) is 0 Å². The molecule has 1 heterocycles. The van der Waals surface area contributed by atoms with E-state index in [9.17, 15) is 4.79 Å². The summed E-state index contributed by atoms with van der Waals surface area (Å²) in [7, 11) is 0. The Hall–Kier alpha value is -3.31. The van der Waals surface area contributed by atoms with E-state index in [4.69, 9.17) is 4.98 Å². The number of amides is 1. The molecule has 4 aromatic rings. The number of hydrogen-bond donors (Lipinski definition) is 1. The molecule has 0 saturated carbocycles. The number of imidazole rings is 1. The Bertz CT molecular complexity index is 1220. The Labute approximate surface area is 206 Å². The van der Waals surface area contributed by atoms with Crippen LogP contribution < -0.4 is 5.32 Å². The summed E-state index contributed by atoms with van der Waals surface area (Å²) in [5.74, 6) is 0.854. The van der Waals surface area contributed by atoms with Crippen LogP contribution in [0.3, 0.4) is 0 Å². The van der Waals surface area contributed by atoms with Crippen LogP contribution in [0.2, 0.25) is 0 Å². The minimum absolute atomic E-state index is 0.0218. The van der Waals surface area contributed by atoms with Gasteiger partial charge < -0.3 is 9.88 Å². The zero-order valence-electron chi connectivity index (χ0n) is 20.0. The van der Waals surface area contributed by atoms with Crippen molar-refractivity contribution < 1.29 is 4.79 Å². The van der Waals surface area contributed by atoms with Gasteiger partial charge in [-0.25, -0.2) is 4.98 Å². The SMILES string of the molecule is Cc1ccc(C(=O)NCCCSc2nc(-c3ccccc3)c(-c3ccccc3)n2C(C)C)cc1. The molecule has 0 radical (unpaired) electrons. The number of carbonyl (C=O) groups is 1. The summed E-state index contributed by atoms with van der Waals surface area (Å²) in [6.07, 6.45) is 0.870. The number of nitrogens with one attached hydrogen (secondary N) is 1. The summed E-state index contributed by atoms with van der Waals surface area (Å²) in [5.41, 5.74) is 6.30. The highest BCUT2D eigenvalue weighted by Crippen LogP contribution is 2.38. The first-order valence-corrected chi connectivity index (χ1v) is 12.7. The normalized spacial score (nSPS) is 11.1. The summed E-state index contributed by atoms with van der Waals surface area (Å²) < 4.78 is 2.34. The molecule has 0 aliphatic rings. The fourth-order valence-electron chi connectivity index (χ4n) is 3.91. The molecule has 0 unspecified atom stereocenters. The zero-order valence-corrected chi connectivity index (χ0v) is 20.8. The number of carbonyl (C=O) groups excluding carboxylic acids is 1. The second-order valence-electron chi connectivity index (χ2n) is 8.61. The maximum Gasteiger partial charge on any atom is 0.251 e. The van der Waals surface area contributed by atoms with Gasteiger partial charge in [0.2, 0.25) is 0 Å². The molecule has 34 heavy (non-hydrogen) atoms. The van der Waals surface area contributed by atoms with Gasteiger partial charge in [-0.1, -0.05) is 90.1 Å². The molecule has 0 aliphatic carbocycles. The molecule has 0 atom stereocenters. The first-order chi connectivity index (χ1) is 16.5. The lowest BCUT2D eigenvalue weighted by atomic mass is 10.0. The van der Waals surface area contributed by atoms with Crippen molar-refractivity contribution in [1.82, 2.24) is 14.9 Å². The Morgan fingerprint density at radius 2 is 1.53 bits per heavy atom. The Balaban J connectivity index is 1.50. The van der Waals surface area contributed by atoms with Crippen LogP contribution in [-0.4, -0.2) is 27.8 Å². The zero-order chi connectivity index (χ0) is 23.9. The van der Waals surface area contributed by atoms with Crippen LogP contribution in [0.15, 0.2) is 90.1 Å². The molecule has 0 aliphatic heterocycles. The number of aryl methyl sites for hydroxylation is 1. The van der Waals surface area contributed by atoms with Crippen LogP contribution in [0.1, 0.15) is 42.2 Å². The lowest BCUT2D eigenvalue weighted by molar-refractivity contribution is 0.0954. The number of nitrogens with zero attached hydrogens (tertiary/aromatic N) is 2. The maximum absolute atomic E-state index is 12.4. The third kappa shape index (κ3) is 5.60. The topological polar surface area (TPSA) is 46.9 Å². The van der Waals surface area contributed by atoms with Crippen molar-refractivity contribution in [3.8, 4) is 22.5 Å². The van der Waals surface area contributed by atoms with Gasteiger partial charge in [-0.05, 0) is 39.3 Å². The lowest BCUT2D eigenvalue weighted by Gasteiger charge is -2.16. The highest BCUT2D eigenvalue weighted by molar-refractivity contribution is 7.99. The highest BCUT2D eigenvalue weighted by Gasteiger charge is 2.21. The second-order valence-corrected chi connectivity index (χ2v) is 9.67. The Kier molecular flexibility index (Phi) is 7.86. The highest BCUT2D eigenvalue weighted by atomic mass is 32.2. The van der Waals surface area contributed by atoms with Crippen LogP contribution in [-0.2, 0) is 0 Å². The molecule has 174 valence electrons. The summed E-state index contributed by atoms with van der Waals surface area (Å²) in [6.45, 7) is 7.06. The van der Waals surface area contributed by atoms with Gasteiger partial charge in [0.25, 0.3) is 5.91 Å². The van der Waals surface area contributed by atoms with Crippen molar-refractivity contribution in [2.45, 2.75) is 38.4 Å². The average molecular weight is 470 g/mol. The largest absolute Gasteiger partial charge is 0.352 e. The summed E-state index contributed by atoms with van der Waals surface area (Å²) in [6, 6.07) is 28.8. The third-order valence-electron chi connectivity index (χ3n) is 5.64. The van der Waals surface area contributed by atoms with Gasteiger partial charge >= 0.3 is 0 Å². The minimum Gasteiger partial charge on any atom is -0.352 e. The van der Waals surface area contributed by atoms with E-state index in [0.29, 0.717) is 12.1 Å². The molecule has 0 fully saturated rings. The number of aromatic nitrogens is 2. The number of benzene rings is 3. The van der Waals surface area contributed by atoms with E-state index in [-0.39, 0.29) is 11.9 Å². The van der Waals surface area contributed by atoms with Gasteiger partial charge in [-0.15, -0.1) is 0 Å². The average Bonchev–Trinajstić information content (AvgIpc) is 3.25. The predicted octanol–water partition coefficient (Wildman–Crippen LogP) is 7.02. The molecular weight excluding hydrogens is 438 g/mol. The Morgan fingerprint density at radius 1 is 0.912 bits per heavy atom. The van der Waals surface area contributed by atoms with Crippen LogP contribution in [0.25, 0.3) is 22.5 Å². The smallest absolute Gasteiger partial charge is 0.251 e. The van der Waals surface area contributed by atoms with Crippen LogP contribution in [0.4, 0.5) is 0 Å². The minimum atomic E-state index is -0.0218. The maximum atomic E-state index is 12.4. The van der Waals surface area contributed by atoms with Crippen molar-refractivity contribution in [3.63, 3.8) is 0 Å². The van der Waals surface area contributed by atoms with Gasteiger partial charge in [0.1, 0.15) is 0 Å². The molecule has 1 aromatic heterocycles. The van der Waals surface area contributed by atoms with Gasteiger partial charge in [0, 0.05) is 35.0 Å². The van der Waals surface area contributed by atoms with Crippen molar-refractivity contribution in [3.05, 3.63) is 96.1 Å². The van der Waals surface area contributed by atoms with E-state index in [0.717, 1.165) is 39.8 Å². The fourth-order valence-corrected chi connectivity index (χ4v) is 4.98. The molecule has 1 amide bonds. The molecule has 0 spiro atoms. The molecule has 4 nitrogen and oxygen atoms in total. The van der Waals surface area contributed by atoms with Gasteiger partial charge in [0.15, 0.2) is 5.16 Å². The molecule has 0 saturated heterocycles. The monoisotopic (exact) mass is 469 g/mol. The Morgan fingerprint density at radius 3 is 2.15 bits per heavy atom. The van der Waals surface area contributed by atoms with E-state index < -0.39 is 0 Å². The fraction of sp³-hybridized carbons (Fsp3) is 0.241. The number of thioether (sulfide) groups is 1.